The number of aryl methyl sites for hydroxylation is 3. The Hall–Kier alpha value is -2.07. The lowest BCUT2D eigenvalue weighted by atomic mass is 10.1. The Kier molecular flexibility index (Phi) is 4.53. The van der Waals surface area contributed by atoms with E-state index in [1.807, 2.05) is 19.1 Å². The molecule has 0 saturated carbocycles. The first-order valence-electron chi connectivity index (χ1n) is 8.21. The van der Waals surface area contributed by atoms with Crippen molar-refractivity contribution >= 4 is 5.91 Å². The molecular weight excluding hydrogens is 288 g/mol. The van der Waals surface area contributed by atoms with E-state index in [1.54, 1.807) is 0 Å². The zero-order chi connectivity index (χ0) is 16.4. The molecule has 0 spiro atoms. The summed E-state index contributed by atoms with van der Waals surface area (Å²) in [5.74, 6) is -0.0216. The molecule has 1 N–H and O–H groups in total. The van der Waals surface area contributed by atoms with Gasteiger partial charge in [0.25, 0.3) is 5.91 Å². The number of rotatable bonds is 3. The zero-order valence-electron chi connectivity index (χ0n) is 14.1. The van der Waals surface area contributed by atoms with Crippen LogP contribution in [0.5, 0.6) is 0 Å². The van der Waals surface area contributed by atoms with E-state index in [0.717, 1.165) is 47.7 Å². The molecule has 4 heteroatoms. The molecule has 1 aromatic heterocycles. The third-order valence-corrected chi connectivity index (χ3v) is 4.40. The molecule has 1 atom stereocenters. The molecule has 3 rings (SSSR count). The SMILES string of the molecule is Cc1ccc(-n2c(C)ccc2C)c(C(=O)NC2CCCOC2)c1. The van der Waals surface area contributed by atoms with Crippen molar-refractivity contribution in [2.75, 3.05) is 13.2 Å². The van der Waals surface area contributed by atoms with Crippen LogP contribution in [0.3, 0.4) is 0 Å². The lowest BCUT2D eigenvalue weighted by Crippen LogP contribution is -2.41. The van der Waals surface area contributed by atoms with Gasteiger partial charge in [-0.1, -0.05) is 11.6 Å². The molecule has 1 amide bonds. The van der Waals surface area contributed by atoms with E-state index < -0.39 is 0 Å². The fraction of sp³-hybridized carbons (Fsp3) is 0.421. The van der Waals surface area contributed by atoms with E-state index in [4.69, 9.17) is 4.74 Å². The number of ether oxygens (including phenoxy) is 1. The van der Waals surface area contributed by atoms with Gasteiger partial charge in [-0.3, -0.25) is 4.79 Å². The Morgan fingerprint density at radius 2 is 1.91 bits per heavy atom. The van der Waals surface area contributed by atoms with Gasteiger partial charge >= 0.3 is 0 Å². The molecule has 23 heavy (non-hydrogen) atoms. The number of nitrogens with one attached hydrogen (secondary N) is 1. The van der Waals surface area contributed by atoms with Gasteiger partial charge in [0.05, 0.1) is 23.9 Å². The van der Waals surface area contributed by atoms with E-state index in [0.29, 0.717) is 6.61 Å². The van der Waals surface area contributed by atoms with Crippen LogP contribution in [0.1, 0.15) is 40.2 Å². The smallest absolute Gasteiger partial charge is 0.253 e. The number of carbonyl (C=O) groups is 1. The molecule has 1 saturated heterocycles. The van der Waals surface area contributed by atoms with Crippen LogP contribution in [-0.4, -0.2) is 29.7 Å². The number of benzene rings is 1. The second-order valence-corrected chi connectivity index (χ2v) is 6.36. The van der Waals surface area contributed by atoms with Gasteiger partial charge in [-0.2, -0.15) is 0 Å². The number of nitrogens with zero attached hydrogens (tertiary/aromatic N) is 1. The van der Waals surface area contributed by atoms with E-state index >= 15 is 0 Å². The van der Waals surface area contributed by atoms with Crippen molar-refractivity contribution in [3.63, 3.8) is 0 Å². The number of hydrogen-bond donors (Lipinski definition) is 1. The highest BCUT2D eigenvalue weighted by Crippen LogP contribution is 2.22. The predicted molar refractivity (Wildman–Crippen MR) is 91.3 cm³/mol. The maximum absolute atomic E-state index is 12.8. The minimum Gasteiger partial charge on any atom is -0.379 e. The molecule has 1 aromatic carbocycles. The summed E-state index contributed by atoms with van der Waals surface area (Å²) in [5, 5.41) is 3.13. The quantitative estimate of drug-likeness (QED) is 0.945. The maximum atomic E-state index is 12.8. The largest absolute Gasteiger partial charge is 0.379 e. The van der Waals surface area contributed by atoms with Crippen LogP contribution in [0.25, 0.3) is 5.69 Å². The molecule has 1 fully saturated rings. The highest BCUT2D eigenvalue weighted by molar-refractivity contribution is 5.98. The van der Waals surface area contributed by atoms with Gasteiger partial charge < -0.3 is 14.6 Å². The van der Waals surface area contributed by atoms with Crippen molar-refractivity contribution in [3.05, 3.63) is 52.8 Å². The average Bonchev–Trinajstić information content (AvgIpc) is 2.87. The van der Waals surface area contributed by atoms with Crippen LogP contribution >= 0.6 is 0 Å². The minimum atomic E-state index is -0.0216. The standard InChI is InChI=1S/C19H24N2O2/c1-13-6-9-18(21-14(2)7-8-15(21)3)17(11-13)19(22)20-16-5-4-10-23-12-16/h6-9,11,16H,4-5,10,12H2,1-3H3,(H,20,22). The third-order valence-electron chi connectivity index (χ3n) is 4.40. The Morgan fingerprint density at radius 3 is 2.57 bits per heavy atom. The van der Waals surface area contributed by atoms with Crippen molar-refractivity contribution < 1.29 is 9.53 Å². The fourth-order valence-electron chi connectivity index (χ4n) is 3.19. The second-order valence-electron chi connectivity index (χ2n) is 6.36. The van der Waals surface area contributed by atoms with Gasteiger partial charge in [0.2, 0.25) is 0 Å². The van der Waals surface area contributed by atoms with E-state index in [1.165, 1.54) is 0 Å². The first-order chi connectivity index (χ1) is 11.1. The summed E-state index contributed by atoms with van der Waals surface area (Å²) >= 11 is 0. The first kappa shape index (κ1) is 15.8. The molecule has 0 radical (unpaired) electrons. The molecule has 0 bridgehead atoms. The van der Waals surface area contributed by atoms with Gasteiger partial charge in [0, 0.05) is 18.0 Å². The molecule has 2 heterocycles. The highest BCUT2D eigenvalue weighted by Gasteiger charge is 2.20. The normalized spacial score (nSPS) is 18.0. The molecule has 4 nitrogen and oxygen atoms in total. The molecule has 1 unspecified atom stereocenters. The lowest BCUT2D eigenvalue weighted by Gasteiger charge is -2.24. The van der Waals surface area contributed by atoms with Gasteiger partial charge in [0.15, 0.2) is 0 Å². The van der Waals surface area contributed by atoms with Crippen molar-refractivity contribution in [1.29, 1.82) is 0 Å². The fourth-order valence-corrected chi connectivity index (χ4v) is 3.19. The first-order valence-corrected chi connectivity index (χ1v) is 8.21. The van der Waals surface area contributed by atoms with Crippen LogP contribution in [0.15, 0.2) is 30.3 Å². The van der Waals surface area contributed by atoms with Crippen LogP contribution in [0, 0.1) is 20.8 Å². The van der Waals surface area contributed by atoms with Gasteiger partial charge in [-0.05, 0) is 57.9 Å². The van der Waals surface area contributed by atoms with Gasteiger partial charge in [0.1, 0.15) is 0 Å². The van der Waals surface area contributed by atoms with E-state index in [9.17, 15) is 4.79 Å². The molecular formula is C19H24N2O2. The van der Waals surface area contributed by atoms with E-state index in [2.05, 4.69) is 41.9 Å². The molecule has 1 aliphatic heterocycles. The Balaban J connectivity index is 1.94. The van der Waals surface area contributed by atoms with Crippen LogP contribution < -0.4 is 5.32 Å². The topological polar surface area (TPSA) is 43.3 Å². The summed E-state index contributed by atoms with van der Waals surface area (Å²) in [6, 6.07) is 10.3. The van der Waals surface area contributed by atoms with Crippen molar-refractivity contribution in [3.8, 4) is 5.69 Å². The summed E-state index contributed by atoms with van der Waals surface area (Å²) in [7, 11) is 0. The summed E-state index contributed by atoms with van der Waals surface area (Å²) < 4.78 is 7.59. The Morgan fingerprint density at radius 1 is 1.17 bits per heavy atom. The van der Waals surface area contributed by atoms with Gasteiger partial charge in [-0.25, -0.2) is 0 Å². The highest BCUT2D eigenvalue weighted by atomic mass is 16.5. The summed E-state index contributed by atoms with van der Waals surface area (Å²) in [4.78, 5) is 12.8. The maximum Gasteiger partial charge on any atom is 0.253 e. The molecule has 122 valence electrons. The van der Waals surface area contributed by atoms with Crippen LogP contribution in [0.4, 0.5) is 0 Å². The second kappa shape index (κ2) is 6.59. The summed E-state index contributed by atoms with van der Waals surface area (Å²) in [5.41, 5.74) is 4.99. The monoisotopic (exact) mass is 312 g/mol. The average molecular weight is 312 g/mol. The Labute approximate surface area is 137 Å². The van der Waals surface area contributed by atoms with Gasteiger partial charge in [-0.15, -0.1) is 0 Å². The molecule has 2 aromatic rings. The minimum absolute atomic E-state index is 0.0216. The Bertz CT molecular complexity index is 693. The van der Waals surface area contributed by atoms with Crippen molar-refractivity contribution in [2.45, 2.75) is 39.7 Å². The number of amides is 1. The number of carbonyl (C=O) groups excluding carboxylic acids is 1. The van der Waals surface area contributed by atoms with Crippen molar-refractivity contribution in [1.82, 2.24) is 9.88 Å². The molecule has 1 aliphatic rings. The lowest BCUT2D eigenvalue weighted by molar-refractivity contribution is 0.0624. The van der Waals surface area contributed by atoms with Crippen molar-refractivity contribution in [2.24, 2.45) is 0 Å². The number of hydrogen-bond acceptors (Lipinski definition) is 2. The zero-order valence-corrected chi connectivity index (χ0v) is 14.1. The summed E-state index contributed by atoms with van der Waals surface area (Å²) in [6.45, 7) is 7.53. The predicted octanol–water partition coefficient (Wildman–Crippen LogP) is 3.31. The van der Waals surface area contributed by atoms with Crippen LogP contribution in [-0.2, 0) is 4.74 Å². The number of aromatic nitrogens is 1. The summed E-state index contributed by atoms with van der Waals surface area (Å²) in [6.07, 6.45) is 1.98. The van der Waals surface area contributed by atoms with E-state index in [-0.39, 0.29) is 11.9 Å². The molecule has 0 aliphatic carbocycles. The third kappa shape index (κ3) is 3.32. The van der Waals surface area contributed by atoms with Crippen LogP contribution in [0.2, 0.25) is 0 Å².